The zero-order valence-corrected chi connectivity index (χ0v) is 13.8. The Balaban J connectivity index is 1.95. The maximum atomic E-state index is 14.3. The minimum absolute atomic E-state index is 0.0141. The van der Waals surface area contributed by atoms with E-state index in [-0.39, 0.29) is 17.6 Å². The molecule has 1 fully saturated rings. The van der Waals surface area contributed by atoms with Gasteiger partial charge in [-0.1, -0.05) is 12.1 Å². The first-order valence-electron chi connectivity index (χ1n) is 8.10. The number of halogens is 3. The van der Waals surface area contributed by atoms with E-state index < -0.39 is 23.1 Å². The first-order chi connectivity index (χ1) is 12.0. The van der Waals surface area contributed by atoms with Crippen LogP contribution in [0.4, 0.5) is 13.2 Å². The lowest BCUT2D eigenvalue weighted by molar-refractivity contribution is 0.0601. The normalized spacial score (nSPS) is 17.4. The molecule has 6 heteroatoms. The minimum atomic E-state index is -0.953. The maximum absolute atomic E-state index is 14.3. The van der Waals surface area contributed by atoms with Gasteiger partial charge in [0.15, 0.2) is 0 Å². The number of carbonyl (C=O) groups excluding carboxylic acids is 1. The second-order valence-corrected chi connectivity index (χ2v) is 6.03. The standard InChI is InChI=1S/C19H18F3NO2/c1-25-14-10-15(21)18(16(22)11-14)19(24)23-9-3-2-4-17(23)12-5-7-13(20)8-6-12/h5-8,10-11,17H,2-4,9H2,1H3. The molecule has 0 aromatic heterocycles. The van der Waals surface area contributed by atoms with Crippen LogP contribution in [-0.2, 0) is 0 Å². The van der Waals surface area contributed by atoms with Gasteiger partial charge in [-0.05, 0) is 37.0 Å². The van der Waals surface area contributed by atoms with Crippen LogP contribution in [0.25, 0.3) is 0 Å². The first kappa shape index (κ1) is 17.3. The van der Waals surface area contributed by atoms with E-state index in [1.165, 1.54) is 24.1 Å². The summed E-state index contributed by atoms with van der Waals surface area (Å²) in [5, 5.41) is 0. The summed E-state index contributed by atoms with van der Waals surface area (Å²) < 4.78 is 46.5. The number of ether oxygens (including phenoxy) is 1. The predicted octanol–water partition coefficient (Wildman–Crippen LogP) is 4.48. The SMILES string of the molecule is COc1cc(F)c(C(=O)N2CCCCC2c2ccc(F)cc2)c(F)c1. The summed E-state index contributed by atoms with van der Waals surface area (Å²) in [7, 11) is 1.30. The van der Waals surface area contributed by atoms with E-state index in [9.17, 15) is 18.0 Å². The van der Waals surface area contributed by atoms with E-state index in [2.05, 4.69) is 0 Å². The van der Waals surface area contributed by atoms with Gasteiger partial charge < -0.3 is 9.64 Å². The van der Waals surface area contributed by atoms with Gasteiger partial charge in [-0.15, -0.1) is 0 Å². The molecule has 2 aromatic carbocycles. The molecule has 1 unspecified atom stereocenters. The Hall–Kier alpha value is -2.50. The van der Waals surface area contributed by atoms with Gasteiger partial charge in [0, 0.05) is 18.7 Å². The van der Waals surface area contributed by atoms with Crippen molar-refractivity contribution in [2.45, 2.75) is 25.3 Å². The lowest BCUT2D eigenvalue weighted by atomic mass is 9.94. The van der Waals surface area contributed by atoms with E-state index >= 15 is 0 Å². The Kier molecular flexibility index (Phi) is 4.97. The Morgan fingerprint density at radius 3 is 2.32 bits per heavy atom. The number of carbonyl (C=O) groups is 1. The zero-order chi connectivity index (χ0) is 18.0. The second-order valence-electron chi connectivity index (χ2n) is 6.03. The van der Waals surface area contributed by atoms with Crippen molar-refractivity contribution in [3.8, 4) is 5.75 Å². The van der Waals surface area contributed by atoms with Crippen LogP contribution < -0.4 is 4.74 Å². The van der Waals surface area contributed by atoms with Gasteiger partial charge in [-0.3, -0.25) is 4.79 Å². The van der Waals surface area contributed by atoms with Gasteiger partial charge in [0.05, 0.1) is 13.2 Å². The van der Waals surface area contributed by atoms with Crippen LogP contribution in [0.5, 0.6) is 5.75 Å². The fraction of sp³-hybridized carbons (Fsp3) is 0.316. The molecular weight excluding hydrogens is 331 g/mol. The number of benzene rings is 2. The lowest BCUT2D eigenvalue weighted by Gasteiger charge is -2.36. The molecule has 0 N–H and O–H groups in total. The summed E-state index contributed by atoms with van der Waals surface area (Å²) in [5.74, 6) is -2.97. The third-order valence-corrected chi connectivity index (χ3v) is 4.48. The number of rotatable bonds is 3. The monoisotopic (exact) mass is 349 g/mol. The molecule has 0 aliphatic carbocycles. The third kappa shape index (κ3) is 3.48. The molecule has 1 heterocycles. The Labute approximate surface area is 144 Å². The average Bonchev–Trinajstić information content (AvgIpc) is 2.61. The van der Waals surface area contributed by atoms with E-state index in [0.29, 0.717) is 13.0 Å². The van der Waals surface area contributed by atoms with Crippen LogP contribution in [0.1, 0.15) is 41.2 Å². The van der Waals surface area contributed by atoms with Gasteiger partial charge in [0.1, 0.15) is 28.8 Å². The summed E-state index contributed by atoms with van der Waals surface area (Å²) in [6.45, 7) is 0.395. The molecular formula is C19H18F3NO2. The molecule has 0 spiro atoms. The Bertz CT molecular complexity index is 754. The van der Waals surface area contributed by atoms with Crippen molar-refractivity contribution in [1.29, 1.82) is 0 Å². The lowest BCUT2D eigenvalue weighted by Crippen LogP contribution is -2.39. The molecule has 25 heavy (non-hydrogen) atoms. The number of hydrogen-bond acceptors (Lipinski definition) is 2. The number of amides is 1. The highest BCUT2D eigenvalue weighted by Gasteiger charge is 2.32. The predicted molar refractivity (Wildman–Crippen MR) is 86.9 cm³/mol. The van der Waals surface area contributed by atoms with Crippen LogP contribution in [0.15, 0.2) is 36.4 Å². The molecule has 1 aliphatic rings. The molecule has 0 bridgehead atoms. The molecule has 132 valence electrons. The summed E-state index contributed by atoms with van der Waals surface area (Å²) in [6, 6.07) is 7.50. The molecule has 1 atom stereocenters. The van der Waals surface area contributed by atoms with Crippen LogP contribution in [0.3, 0.4) is 0 Å². The molecule has 1 saturated heterocycles. The number of methoxy groups -OCH3 is 1. The highest BCUT2D eigenvalue weighted by Crippen LogP contribution is 2.33. The zero-order valence-electron chi connectivity index (χ0n) is 13.8. The quantitative estimate of drug-likeness (QED) is 0.818. The highest BCUT2D eigenvalue weighted by atomic mass is 19.1. The number of likely N-dealkylation sites (tertiary alicyclic amines) is 1. The molecule has 2 aromatic rings. The van der Waals surface area contributed by atoms with E-state index in [4.69, 9.17) is 4.74 Å². The van der Waals surface area contributed by atoms with Gasteiger partial charge in [-0.2, -0.15) is 0 Å². The molecule has 0 radical (unpaired) electrons. The van der Waals surface area contributed by atoms with Crippen molar-refractivity contribution < 1.29 is 22.7 Å². The van der Waals surface area contributed by atoms with Crippen molar-refractivity contribution in [3.63, 3.8) is 0 Å². The smallest absolute Gasteiger partial charge is 0.260 e. The molecule has 3 nitrogen and oxygen atoms in total. The third-order valence-electron chi connectivity index (χ3n) is 4.48. The van der Waals surface area contributed by atoms with Crippen molar-refractivity contribution in [2.24, 2.45) is 0 Å². The molecule has 0 saturated carbocycles. The van der Waals surface area contributed by atoms with Crippen molar-refractivity contribution in [2.75, 3.05) is 13.7 Å². The highest BCUT2D eigenvalue weighted by molar-refractivity contribution is 5.95. The number of nitrogens with zero attached hydrogens (tertiary/aromatic N) is 1. The van der Waals surface area contributed by atoms with Gasteiger partial charge >= 0.3 is 0 Å². The molecule has 3 rings (SSSR count). The van der Waals surface area contributed by atoms with Crippen LogP contribution in [0.2, 0.25) is 0 Å². The first-order valence-corrected chi connectivity index (χ1v) is 8.10. The molecule has 1 amide bonds. The van der Waals surface area contributed by atoms with Gasteiger partial charge in [-0.25, -0.2) is 13.2 Å². The topological polar surface area (TPSA) is 29.5 Å². The average molecular weight is 349 g/mol. The van der Waals surface area contributed by atoms with E-state index in [1.54, 1.807) is 12.1 Å². The Morgan fingerprint density at radius 1 is 1.08 bits per heavy atom. The number of hydrogen-bond donors (Lipinski definition) is 0. The fourth-order valence-electron chi connectivity index (χ4n) is 3.22. The van der Waals surface area contributed by atoms with Crippen LogP contribution >= 0.6 is 0 Å². The Morgan fingerprint density at radius 2 is 1.72 bits per heavy atom. The maximum Gasteiger partial charge on any atom is 0.260 e. The summed E-state index contributed by atoms with van der Waals surface area (Å²) in [4.78, 5) is 14.3. The van der Waals surface area contributed by atoms with E-state index in [1.807, 2.05) is 0 Å². The summed E-state index contributed by atoms with van der Waals surface area (Å²) in [6.07, 6.45) is 2.30. The van der Waals surface area contributed by atoms with Crippen molar-refractivity contribution in [1.82, 2.24) is 4.90 Å². The van der Waals surface area contributed by atoms with Crippen LogP contribution in [0, 0.1) is 17.5 Å². The van der Waals surface area contributed by atoms with E-state index in [0.717, 1.165) is 30.5 Å². The number of piperidine rings is 1. The van der Waals surface area contributed by atoms with Crippen molar-refractivity contribution in [3.05, 3.63) is 65.0 Å². The largest absolute Gasteiger partial charge is 0.497 e. The van der Waals surface area contributed by atoms with Crippen molar-refractivity contribution >= 4 is 5.91 Å². The second kappa shape index (κ2) is 7.17. The van der Waals surface area contributed by atoms with Gasteiger partial charge in [0.2, 0.25) is 0 Å². The summed E-state index contributed by atoms with van der Waals surface area (Å²) in [5.41, 5.74) is 0.165. The minimum Gasteiger partial charge on any atom is -0.497 e. The van der Waals surface area contributed by atoms with Crippen LogP contribution in [-0.4, -0.2) is 24.5 Å². The molecule has 1 aliphatic heterocycles. The fourth-order valence-corrected chi connectivity index (χ4v) is 3.22. The summed E-state index contributed by atoms with van der Waals surface area (Å²) >= 11 is 0. The van der Waals surface area contributed by atoms with Gasteiger partial charge in [0.25, 0.3) is 5.91 Å².